The molecule has 1 aromatic carbocycles. The maximum absolute atomic E-state index is 8.80. The number of isocyanates is 1. The molecule has 0 aromatic heterocycles. The average Bonchev–Trinajstić information content (AvgIpc) is 2.07. The number of hydrogen-bond acceptors (Lipinski definition) is 4. The third-order valence-corrected chi connectivity index (χ3v) is 1.07. The van der Waals surface area contributed by atoms with Crippen LogP contribution in [-0.2, 0) is 4.79 Å². The van der Waals surface area contributed by atoms with E-state index in [9.17, 15) is 0 Å². The smallest absolute Gasteiger partial charge is 0.231 e. The second kappa shape index (κ2) is 5.95. The molecular weight excluding hydrogens is 158 g/mol. The molecule has 0 unspecified atom stereocenters. The summed E-state index contributed by atoms with van der Waals surface area (Å²) in [5.41, 5.74) is 0. The molecule has 1 rings (SSSR count). The summed E-state index contributed by atoms with van der Waals surface area (Å²) in [6, 6.07) is 6.57. The Bertz CT molecular complexity index is 250. The summed E-state index contributed by atoms with van der Waals surface area (Å²) in [7, 11) is 1.59. The molecule has 4 heteroatoms. The van der Waals surface area contributed by atoms with Crippen LogP contribution in [0.25, 0.3) is 0 Å². The zero-order valence-electron chi connectivity index (χ0n) is 6.57. The summed E-state index contributed by atoms with van der Waals surface area (Å²) >= 11 is 0. The minimum atomic E-state index is 0.260. The highest BCUT2D eigenvalue weighted by atomic mass is 16.5. The van der Waals surface area contributed by atoms with Crippen molar-refractivity contribution in [3.8, 4) is 11.5 Å². The second-order valence-electron chi connectivity index (χ2n) is 1.80. The second-order valence-corrected chi connectivity index (χ2v) is 1.80. The molecule has 2 N–H and O–H groups in total. The van der Waals surface area contributed by atoms with Gasteiger partial charge in [-0.25, -0.2) is 10.2 Å². The summed E-state index contributed by atoms with van der Waals surface area (Å²) in [5.74, 6) is 1.02. The molecule has 4 nitrogen and oxygen atoms in total. The van der Waals surface area contributed by atoms with Gasteiger partial charge in [-0.15, -0.1) is 0 Å². The van der Waals surface area contributed by atoms with Crippen molar-refractivity contribution in [2.24, 2.45) is 0 Å². The normalized spacial score (nSPS) is 7.42. The summed E-state index contributed by atoms with van der Waals surface area (Å²) in [4.78, 5) is 8.35. The summed E-state index contributed by atoms with van der Waals surface area (Å²) < 4.78 is 4.86. The Morgan fingerprint density at radius 3 is 2.17 bits per heavy atom. The van der Waals surface area contributed by atoms with E-state index < -0.39 is 0 Å². The van der Waals surface area contributed by atoms with Gasteiger partial charge >= 0.3 is 0 Å². The molecule has 0 saturated carbocycles. The monoisotopic (exact) mass is 167 g/mol. The van der Waals surface area contributed by atoms with Gasteiger partial charge in [-0.1, -0.05) is 0 Å². The molecule has 0 heterocycles. The Morgan fingerprint density at radius 2 is 1.83 bits per heavy atom. The lowest BCUT2D eigenvalue weighted by Crippen LogP contribution is -1.79. The Labute approximate surface area is 69.9 Å². The van der Waals surface area contributed by atoms with Gasteiger partial charge in [0.25, 0.3) is 0 Å². The van der Waals surface area contributed by atoms with Crippen molar-refractivity contribution in [2.75, 3.05) is 7.11 Å². The summed E-state index contributed by atoms with van der Waals surface area (Å²) in [6.07, 6.45) is 0.750. The van der Waals surface area contributed by atoms with Crippen LogP contribution in [-0.4, -0.2) is 18.3 Å². The van der Waals surface area contributed by atoms with Gasteiger partial charge in [0.1, 0.15) is 11.5 Å². The summed E-state index contributed by atoms with van der Waals surface area (Å²) in [5, 5.41) is 14.2. The SMILES string of the molecule is COc1ccc(O)cc1.N=C=O. The van der Waals surface area contributed by atoms with Gasteiger partial charge in [0.2, 0.25) is 6.08 Å². The molecule has 0 saturated heterocycles. The number of aromatic hydroxyl groups is 1. The molecular formula is C8H9NO3. The minimum absolute atomic E-state index is 0.260. The van der Waals surface area contributed by atoms with Crippen molar-refractivity contribution in [3.05, 3.63) is 24.3 Å². The highest BCUT2D eigenvalue weighted by molar-refractivity contribution is 5.29. The quantitative estimate of drug-likeness (QED) is 0.489. The molecule has 1 aromatic rings. The molecule has 64 valence electrons. The van der Waals surface area contributed by atoms with Crippen LogP contribution in [0.5, 0.6) is 11.5 Å². The van der Waals surface area contributed by atoms with Crippen molar-refractivity contribution in [2.45, 2.75) is 0 Å². The molecule has 0 atom stereocenters. The fourth-order valence-electron chi connectivity index (χ4n) is 0.582. The van der Waals surface area contributed by atoms with E-state index in [4.69, 9.17) is 20.0 Å². The van der Waals surface area contributed by atoms with Crippen LogP contribution in [0.2, 0.25) is 0 Å². The van der Waals surface area contributed by atoms with Crippen molar-refractivity contribution < 1.29 is 14.6 Å². The van der Waals surface area contributed by atoms with E-state index >= 15 is 0 Å². The lowest BCUT2D eigenvalue weighted by atomic mass is 10.3. The number of phenols is 1. The lowest BCUT2D eigenvalue weighted by Gasteiger charge is -1.96. The molecule has 0 aliphatic heterocycles. The first-order valence-electron chi connectivity index (χ1n) is 3.11. The number of ether oxygens (including phenoxy) is 1. The number of carbonyl (C=O) groups excluding carboxylic acids is 1. The number of benzene rings is 1. The molecule has 0 spiro atoms. The van der Waals surface area contributed by atoms with Gasteiger partial charge in [0, 0.05) is 0 Å². The number of hydrogen-bond donors (Lipinski definition) is 2. The molecule has 0 aliphatic carbocycles. The maximum Gasteiger partial charge on any atom is 0.231 e. The highest BCUT2D eigenvalue weighted by Gasteiger charge is 1.87. The van der Waals surface area contributed by atoms with Gasteiger partial charge in [-0.05, 0) is 24.3 Å². The first-order chi connectivity index (χ1) is 5.74. The van der Waals surface area contributed by atoms with Crippen LogP contribution in [0, 0.1) is 5.41 Å². The molecule has 12 heavy (non-hydrogen) atoms. The lowest BCUT2D eigenvalue weighted by molar-refractivity contribution is 0.412. The Hall–Kier alpha value is -1.80. The van der Waals surface area contributed by atoms with Crippen LogP contribution < -0.4 is 4.74 Å². The van der Waals surface area contributed by atoms with E-state index in [2.05, 4.69) is 0 Å². The van der Waals surface area contributed by atoms with Crippen LogP contribution in [0.4, 0.5) is 0 Å². The van der Waals surface area contributed by atoms with E-state index in [0.29, 0.717) is 0 Å². The van der Waals surface area contributed by atoms with Crippen molar-refractivity contribution in [3.63, 3.8) is 0 Å². The zero-order valence-corrected chi connectivity index (χ0v) is 6.57. The Kier molecular flexibility index (Phi) is 5.05. The standard InChI is InChI=1S/C7H8O2.CHNO/c1-9-7-4-2-6(8)3-5-7;2-1-3/h2-5,8H,1H3;2H. The van der Waals surface area contributed by atoms with Crippen LogP contribution in [0.15, 0.2) is 24.3 Å². The third-order valence-electron chi connectivity index (χ3n) is 1.07. The number of rotatable bonds is 1. The van der Waals surface area contributed by atoms with Gasteiger partial charge in [-0.3, -0.25) is 0 Å². The number of nitrogens with one attached hydrogen (secondary N) is 1. The van der Waals surface area contributed by atoms with Crippen molar-refractivity contribution in [1.29, 1.82) is 5.41 Å². The van der Waals surface area contributed by atoms with Crippen LogP contribution >= 0.6 is 0 Å². The molecule has 0 amide bonds. The Morgan fingerprint density at radius 1 is 1.42 bits per heavy atom. The largest absolute Gasteiger partial charge is 0.508 e. The van der Waals surface area contributed by atoms with E-state index in [1.165, 1.54) is 0 Å². The molecule has 0 aliphatic rings. The average molecular weight is 167 g/mol. The van der Waals surface area contributed by atoms with E-state index in [0.717, 1.165) is 11.8 Å². The third kappa shape index (κ3) is 4.09. The molecule has 0 fully saturated rings. The van der Waals surface area contributed by atoms with Crippen molar-refractivity contribution in [1.82, 2.24) is 0 Å². The molecule has 0 bridgehead atoms. The number of phenolic OH excluding ortho intramolecular Hbond substituents is 1. The van der Waals surface area contributed by atoms with E-state index in [-0.39, 0.29) is 5.75 Å². The first-order valence-corrected chi connectivity index (χ1v) is 3.11. The van der Waals surface area contributed by atoms with Gasteiger partial charge in [-0.2, -0.15) is 0 Å². The van der Waals surface area contributed by atoms with Gasteiger partial charge in [0.05, 0.1) is 7.11 Å². The van der Waals surface area contributed by atoms with Crippen molar-refractivity contribution >= 4 is 6.08 Å². The highest BCUT2D eigenvalue weighted by Crippen LogP contribution is 2.14. The minimum Gasteiger partial charge on any atom is -0.508 e. The maximum atomic E-state index is 8.80. The predicted molar refractivity (Wildman–Crippen MR) is 43.1 cm³/mol. The zero-order chi connectivity index (χ0) is 9.40. The van der Waals surface area contributed by atoms with E-state index in [1.807, 2.05) is 0 Å². The summed E-state index contributed by atoms with van der Waals surface area (Å²) in [6.45, 7) is 0. The fraction of sp³-hybridized carbons (Fsp3) is 0.125. The number of methoxy groups -OCH3 is 1. The Balaban J connectivity index is 0.000000354. The van der Waals surface area contributed by atoms with E-state index in [1.54, 1.807) is 31.4 Å². The van der Waals surface area contributed by atoms with Gasteiger partial charge < -0.3 is 9.84 Å². The molecule has 0 radical (unpaired) electrons. The predicted octanol–water partition coefficient (Wildman–Crippen LogP) is 1.30. The fourth-order valence-corrected chi connectivity index (χ4v) is 0.582. The topological polar surface area (TPSA) is 70.4 Å². The van der Waals surface area contributed by atoms with Crippen LogP contribution in [0.1, 0.15) is 0 Å². The van der Waals surface area contributed by atoms with Gasteiger partial charge in [0.15, 0.2) is 0 Å². The first kappa shape index (κ1) is 10.2. The van der Waals surface area contributed by atoms with Crippen LogP contribution in [0.3, 0.4) is 0 Å².